The van der Waals surface area contributed by atoms with E-state index in [1.54, 1.807) is 0 Å². The molecule has 2 unspecified atom stereocenters. The molecule has 2 atom stereocenters. The number of para-hydroxylation sites is 1. The van der Waals surface area contributed by atoms with Gasteiger partial charge in [-0.25, -0.2) is 0 Å². The van der Waals surface area contributed by atoms with E-state index in [0.29, 0.717) is 12.1 Å². The first-order chi connectivity index (χ1) is 9.81. The van der Waals surface area contributed by atoms with E-state index in [9.17, 15) is 0 Å². The Labute approximate surface area is 120 Å². The minimum absolute atomic E-state index is 0.554. The Morgan fingerprint density at radius 3 is 2.90 bits per heavy atom. The molecule has 3 heteroatoms. The number of aromatic nitrogens is 1. The summed E-state index contributed by atoms with van der Waals surface area (Å²) in [5.41, 5.74) is 2.27. The summed E-state index contributed by atoms with van der Waals surface area (Å²) in [5, 5.41) is 4.93. The maximum absolute atomic E-state index is 4.53. The van der Waals surface area contributed by atoms with Gasteiger partial charge in [0, 0.05) is 36.3 Å². The number of nitrogens with one attached hydrogen (secondary N) is 1. The lowest BCUT2D eigenvalue weighted by molar-refractivity contribution is 0.257. The number of likely N-dealkylation sites (tertiary alicyclic amines) is 1. The van der Waals surface area contributed by atoms with Crippen LogP contribution in [0.5, 0.6) is 0 Å². The summed E-state index contributed by atoms with van der Waals surface area (Å²) in [6.07, 6.45) is 5.90. The zero-order valence-electron chi connectivity index (χ0n) is 11.9. The van der Waals surface area contributed by atoms with E-state index in [4.69, 9.17) is 0 Å². The summed E-state index contributed by atoms with van der Waals surface area (Å²) in [7, 11) is 0. The Kier molecular flexibility index (Phi) is 2.88. The van der Waals surface area contributed by atoms with E-state index in [-0.39, 0.29) is 0 Å². The zero-order valence-corrected chi connectivity index (χ0v) is 11.9. The predicted octanol–water partition coefficient (Wildman–Crippen LogP) is 3.27. The molecule has 2 fully saturated rings. The molecule has 104 valence electrons. The Hall–Kier alpha value is -1.61. The quantitative estimate of drug-likeness (QED) is 0.925. The number of fused-ring (bicyclic) bond motifs is 1. The van der Waals surface area contributed by atoms with Crippen LogP contribution in [0, 0.1) is 0 Å². The van der Waals surface area contributed by atoms with E-state index in [1.165, 1.54) is 36.9 Å². The van der Waals surface area contributed by atoms with Crippen molar-refractivity contribution in [3.63, 3.8) is 0 Å². The van der Waals surface area contributed by atoms with Crippen molar-refractivity contribution in [3.8, 4) is 0 Å². The van der Waals surface area contributed by atoms with Gasteiger partial charge < -0.3 is 5.32 Å². The minimum Gasteiger partial charge on any atom is -0.379 e. The molecule has 20 heavy (non-hydrogen) atoms. The number of hydrogen-bond donors (Lipinski definition) is 1. The molecule has 1 aliphatic heterocycles. The van der Waals surface area contributed by atoms with Crippen LogP contribution in [0.2, 0.25) is 0 Å². The molecule has 1 aromatic carbocycles. The van der Waals surface area contributed by atoms with Gasteiger partial charge in [0.2, 0.25) is 0 Å². The molecule has 0 amide bonds. The fraction of sp³-hybridized carbons (Fsp3) is 0.471. The lowest BCUT2D eigenvalue weighted by atomic mass is 10.1. The lowest BCUT2D eigenvalue weighted by Gasteiger charge is -2.20. The number of benzene rings is 1. The second-order valence-electron chi connectivity index (χ2n) is 6.23. The number of hydrogen-bond acceptors (Lipinski definition) is 3. The third-order valence-corrected chi connectivity index (χ3v) is 4.63. The van der Waals surface area contributed by atoms with Crippen molar-refractivity contribution in [3.05, 3.63) is 36.5 Å². The third kappa shape index (κ3) is 2.16. The van der Waals surface area contributed by atoms with Crippen LogP contribution in [0.15, 0.2) is 36.5 Å². The molecule has 0 spiro atoms. The first kappa shape index (κ1) is 12.2. The summed E-state index contributed by atoms with van der Waals surface area (Å²) in [4.78, 5) is 7.21. The molecular weight excluding hydrogens is 246 g/mol. The number of nitrogens with zero attached hydrogens (tertiary/aromatic N) is 2. The van der Waals surface area contributed by atoms with Gasteiger partial charge in [0.1, 0.15) is 0 Å². The molecule has 0 bridgehead atoms. The van der Waals surface area contributed by atoms with Crippen LogP contribution >= 0.6 is 0 Å². The molecule has 2 aliphatic rings. The van der Waals surface area contributed by atoms with Crippen molar-refractivity contribution in [2.75, 3.05) is 11.9 Å². The molecule has 0 radical (unpaired) electrons. The monoisotopic (exact) mass is 267 g/mol. The van der Waals surface area contributed by atoms with Crippen LogP contribution in [0.25, 0.3) is 10.9 Å². The van der Waals surface area contributed by atoms with Crippen LogP contribution < -0.4 is 5.32 Å². The van der Waals surface area contributed by atoms with Crippen LogP contribution in [0.1, 0.15) is 26.2 Å². The van der Waals surface area contributed by atoms with Crippen molar-refractivity contribution in [2.24, 2.45) is 0 Å². The average molecular weight is 267 g/mol. The molecule has 1 N–H and O–H groups in total. The zero-order chi connectivity index (χ0) is 13.5. The molecule has 1 aromatic heterocycles. The highest BCUT2D eigenvalue weighted by Crippen LogP contribution is 2.34. The summed E-state index contributed by atoms with van der Waals surface area (Å²) in [6.45, 7) is 3.54. The Morgan fingerprint density at radius 1 is 1.20 bits per heavy atom. The molecule has 2 heterocycles. The Balaban J connectivity index is 1.56. The molecular formula is C17H21N3. The second kappa shape index (κ2) is 4.74. The highest BCUT2D eigenvalue weighted by atomic mass is 15.3. The summed E-state index contributed by atoms with van der Waals surface area (Å²) < 4.78 is 0. The molecule has 1 saturated heterocycles. The van der Waals surface area contributed by atoms with Gasteiger partial charge in [0.15, 0.2) is 0 Å². The van der Waals surface area contributed by atoms with Crippen LogP contribution in [0.3, 0.4) is 0 Å². The summed E-state index contributed by atoms with van der Waals surface area (Å²) in [5.74, 6) is 0. The van der Waals surface area contributed by atoms with Gasteiger partial charge in [0.05, 0.1) is 11.2 Å². The highest BCUT2D eigenvalue weighted by molar-refractivity contribution is 5.90. The van der Waals surface area contributed by atoms with Crippen molar-refractivity contribution in [1.29, 1.82) is 0 Å². The van der Waals surface area contributed by atoms with Crippen LogP contribution in [0.4, 0.5) is 5.69 Å². The fourth-order valence-electron chi connectivity index (χ4n) is 3.52. The van der Waals surface area contributed by atoms with E-state index in [2.05, 4.69) is 46.4 Å². The molecule has 1 saturated carbocycles. The largest absolute Gasteiger partial charge is 0.379 e. The van der Waals surface area contributed by atoms with E-state index in [0.717, 1.165) is 11.6 Å². The van der Waals surface area contributed by atoms with Crippen molar-refractivity contribution in [2.45, 2.75) is 44.3 Å². The van der Waals surface area contributed by atoms with Crippen LogP contribution in [-0.2, 0) is 0 Å². The number of anilines is 1. The van der Waals surface area contributed by atoms with Gasteiger partial charge in [0.25, 0.3) is 0 Å². The van der Waals surface area contributed by atoms with Crippen molar-refractivity contribution >= 4 is 16.6 Å². The molecule has 2 aromatic rings. The molecule has 3 nitrogen and oxygen atoms in total. The maximum Gasteiger partial charge on any atom is 0.0933 e. The van der Waals surface area contributed by atoms with Gasteiger partial charge >= 0.3 is 0 Å². The van der Waals surface area contributed by atoms with Gasteiger partial charge in [-0.15, -0.1) is 0 Å². The molecule has 1 aliphatic carbocycles. The number of rotatable bonds is 3. The Morgan fingerprint density at radius 2 is 2.05 bits per heavy atom. The first-order valence-electron chi connectivity index (χ1n) is 7.67. The predicted molar refractivity (Wildman–Crippen MR) is 83.0 cm³/mol. The fourth-order valence-corrected chi connectivity index (χ4v) is 3.52. The smallest absolute Gasteiger partial charge is 0.0933 e. The Bertz CT molecular complexity index is 615. The normalized spacial score (nSPS) is 27.1. The van der Waals surface area contributed by atoms with Crippen molar-refractivity contribution < 1.29 is 0 Å². The SMILES string of the molecule is CC1CC(Nc2cccc3cccnc23)CN1C1CC1. The van der Waals surface area contributed by atoms with Gasteiger partial charge in [-0.05, 0) is 38.3 Å². The first-order valence-corrected chi connectivity index (χ1v) is 7.67. The highest BCUT2D eigenvalue weighted by Gasteiger charge is 2.38. The minimum atomic E-state index is 0.554. The molecule has 4 rings (SSSR count). The van der Waals surface area contributed by atoms with Gasteiger partial charge in [-0.2, -0.15) is 0 Å². The number of pyridine rings is 1. The van der Waals surface area contributed by atoms with E-state index < -0.39 is 0 Å². The maximum atomic E-state index is 4.53. The van der Waals surface area contributed by atoms with E-state index in [1.807, 2.05) is 12.3 Å². The van der Waals surface area contributed by atoms with Crippen LogP contribution in [-0.4, -0.2) is 34.6 Å². The lowest BCUT2D eigenvalue weighted by Crippen LogP contribution is -2.31. The third-order valence-electron chi connectivity index (χ3n) is 4.63. The van der Waals surface area contributed by atoms with Gasteiger partial charge in [-0.1, -0.05) is 18.2 Å². The van der Waals surface area contributed by atoms with Crippen molar-refractivity contribution in [1.82, 2.24) is 9.88 Å². The summed E-state index contributed by atoms with van der Waals surface area (Å²) in [6, 6.07) is 12.6. The standard InChI is InChI=1S/C17H21N3/c1-12-10-14(11-20(12)15-7-8-15)19-16-6-2-4-13-5-3-9-18-17(13)16/h2-6,9,12,14-15,19H,7-8,10-11H2,1H3. The van der Waals surface area contributed by atoms with Gasteiger partial charge in [-0.3, -0.25) is 9.88 Å². The second-order valence-corrected chi connectivity index (χ2v) is 6.23. The average Bonchev–Trinajstić information content (AvgIpc) is 3.24. The topological polar surface area (TPSA) is 28.2 Å². The van der Waals surface area contributed by atoms with E-state index >= 15 is 0 Å². The summed E-state index contributed by atoms with van der Waals surface area (Å²) >= 11 is 0.